The molecular formula is C13H14ClF3N2O. The molecule has 0 saturated carbocycles. The molecule has 1 unspecified atom stereocenters. The van der Waals surface area contributed by atoms with Gasteiger partial charge in [0.2, 0.25) is 5.91 Å². The van der Waals surface area contributed by atoms with Gasteiger partial charge in [0.05, 0.1) is 16.3 Å². The third-order valence-corrected chi connectivity index (χ3v) is 3.47. The lowest BCUT2D eigenvalue weighted by Gasteiger charge is -2.19. The zero-order valence-corrected chi connectivity index (χ0v) is 11.3. The fourth-order valence-electron chi connectivity index (χ4n) is 2.13. The summed E-state index contributed by atoms with van der Waals surface area (Å²) >= 11 is 5.91. The highest BCUT2D eigenvalue weighted by Gasteiger charge is 2.31. The minimum Gasteiger partial charge on any atom is -0.381 e. The number of carbonyl (C=O) groups is 1. The van der Waals surface area contributed by atoms with E-state index in [1.54, 1.807) is 0 Å². The quantitative estimate of drug-likeness (QED) is 0.879. The largest absolute Gasteiger partial charge is 0.416 e. The molecule has 0 radical (unpaired) electrons. The van der Waals surface area contributed by atoms with Crippen LogP contribution in [0, 0.1) is 0 Å². The molecule has 1 aromatic carbocycles. The molecule has 0 bridgehead atoms. The van der Waals surface area contributed by atoms with Gasteiger partial charge in [0.15, 0.2) is 0 Å². The van der Waals surface area contributed by atoms with Crippen molar-refractivity contribution in [1.82, 2.24) is 5.32 Å². The molecule has 1 saturated heterocycles. The fourth-order valence-corrected chi connectivity index (χ4v) is 2.30. The molecule has 3 nitrogen and oxygen atoms in total. The lowest BCUT2D eigenvalue weighted by molar-refractivity contribution is -0.137. The molecule has 1 fully saturated rings. The van der Waals surface area contributed by atoms with Crippen molar-refractivity contribution in [3.8, 4) is 0 Å². The molecular weight excluding hydrogens is 293 g/mol. The summed E-state index contributed by atoms with van der Waals surface area (Å²) in [5.41, 5.74) is -0.552. The second-order valence-corrected chi connectivity index (χ2v) is 5.14. The summed E-state index contributed by atoms with van der Waals surface area (Å²) in [5, 5.41) is 5.87. The Bertz CT molecular complexity index is 505. The Labute approximate surface area is 119 Å². The first-order valence-electron chi connectivity index (χ1n) is 6.26. The van der Waals surface area contributed by atoms with Crippen LogP contribution < -0.4 is 10.6 Å². The molecule has 20 heavy (non-hydrogen) atoms. The van der Waals surface area contributed by atoms with E-state index in [1.165, 1.54) is 6.07 Å². The van der Waals surface area contributed by atoms with E-state index in [1.807, 2.05) is 0 Å². The summed E-state index contributed by atoms with van der Waals surface area (Å²) in [6.07, 6.45) is -2.71. The summed E-state index contributed by atoms with van der Waals surface area (Å²) in [7, 11) is 0. The van der Waals surface area contributed by atoms with E-state index in [-0.39, 0.29) is 29.1 Å². The van der Waals surface area contributed by atoms with Gasteiger partial charge >= 0.3 is 6.18 Å². The van der Waals surface area contributed by atoms with E-state index in [9.17, 15) is 18.0 Å². The molecule has 2 rings (SSSR count). The molecule has 0 spiro atoms. The maximum atomic E-state index is 12.7. The van der Waals surface area contributed by atoms with Crippen molar-refractivity contribution in [3.05, 3.63) is 28.8 Å². The van der Waals surface area contributed by atoms with Gasteiger partial charge in [-0.2, -0.15) is 13.2 Å². The zero-order valence-electron chi connectivity index (χ0n) is 10.6. The lowest BCUT2D eigenvalue weighted by Crippen LogP contribution is -2.27. The summed E-state index contributed by atoms with van der Waals surface area (Å²) in [6.45, 7) is 0.591. The van der Waals surface area contributed by atoms with Crippen LogP contribution in [-0.4, -0.2) is 18.5 Å². The van der Waals surface area contributed by atoms with Gasteiger partial charge in [0.1, 0.15) is 0 Å². The zero-order chi connectivity index (χ0) is 14.8. The molecule has 0 aliphatic carbocycles. The number of rotatable bonds is 2. The molecule has 110 valence electrons. The van der Waals surface area contributed by atoms with Gasteiger partial charge in [-0.05, 0) is 31.0 Å². The summed E-state index contributed by atoms with van der Waals surface area (Å²) in [6, 6.07) is 2.92. The van der Waals surface area contributed by atoms with Crippen molar-refractivity contribution < 1.29 is 18.0 Å². The fraction of sp³-hybridized carbons (Fsp3) is 0.462. The number of halogens is 4. The SMILES string of the molecule is O=C1CC(Nc2cc(C(F)(F)F)ccc2Cl)CCCN1. The van der Waals surface area contributed by atoms with Crippen molar-refractivity contribution in [1.29, 1.82) is 0 Å². The first-order chi connectivity index (χ1) is 9.36. The van der Waals surface area contributed by atoms with Crippen molar-refractivity contribution in [2.45, 2.75) is 31.5 Å². The predicted octanol–water partition coefficient (Wildman–Crippen LogP) is 3.44. The van der Waals surface area contributed by atoms with Gasteiger partial charge in [-0.25, -0.2) is 0 Å². The topological polar surface area (TPSA) is 41.1 Å². The highest BCUT2D eigenvalue weighted by Crippen LogP contribution is 2.34. The Morgan fingerprint density at radius 1 is 1.35 bits per heavy atom. The highest BCUT2D eigenvalue weighted by atomic mass is 35.5. The van der Waals surface area contributed by atoms with E-state index >= 15 is 0 Å². The van der Waals surface area contributed by atoms with Crippen LogP contribution in [0.25, 0.3) is 0 Å². The smallest absolute Gasteiger partial charge is 0.381 e. The van der Waals surface area contributed by atoms with Crippen LogP contribution in [0.1, 0.15) is 24.8 Å². The molecule has 1 heterocycles. The van der Waals surface area contributed by atoms with Crippen LogP contribution in [0.2, 0.25) is 5.02 Å². The second-order valence-electron chi connectivity index (χ2n) is 4.73. The molecule has 1 aromatic rings. The monoisotopic (exact) mass is 306 g/mol. The first kappa shape index (κ1) is 15.0. The average Bonchev–Trinajstić information content (AvgIpc) is 2.55. The van der Waals surface area contributed by atoms with E-state index < -0.39 is 11.7 Å². The van der Waals surface area contributed by atoms with Crippen molar-refractivity contribution in [2.24, 2.45) is 0 Å². The number of hydrogen-bond donors (Lipinski definition) is 2. The Morgan fingerprint density at radius 3 is 2.80 bits per heavy atom. The molecule has 1 aliphatic rings. The van der Waals surface area contributed by atoms with Crippen LogP contribution >= 0.6 is 11.6 Å². The number of carbonyl (C=O) groups excluding carboxylic acids is 1. The van der Waals surface area contributed by atoms with Crippen molar-refractivity contribution in [2.75, 3.05) is 11.9 Å². The minimum atomic E-state index is -4.41. The molecule has 0 aromatic heterocycles. The Morgan fingerprint density at radius 2 is 2.10 bits per heavy atom. The van der Waals surface area contributed by atoms with Crippen molar-refractivity contribution >= 4 is 23.2 Å². The van der Waals surface area contributed by atoms with Crippen LogP contribution in [0.15, 0.2) is 18.2 Å². The number of amides is 1. The van der Waals surface area contributed by atoms with Crippen LogP contribution in [0.3, 0.4) is 0 Å². The molecule has 1 amide bonds. The van der Waals surface area contributed by atoms with Gasteiger partial charge in [0, 0.05) is 19.0 Å². The number of alkyl halides is 3. The molecule has 7 heteroatoms. The molecule has 1 atom stereocenters. The van der Waals surface area contributed by atoms with Gasteiger partial charge in [-0.1, -0.05) is 11.6 Å². The normalized spacial score (nSPS) is 20.2. The Balaban J connectivity index is 2.17. The van der Waals surface area contributed by atoms with Crippen LogP contribution in [0.4, 0.5) is 18.9 Å². The third-order valence-electron chi connectivity index (χ3n) is 3.14. The van der Waals surface area contributed by atoms with Gasteiger partial charge in [-0.3, -0.25) is 4.79 Å². The summed E-state index contributed by atoms with van der Waals surface area (Å²) < 4.78 is 38.0. The minimum absolute atomic E-state index is 0.108. The van der Waals surface area contributed by atoms with E-state index in [2.05, 4.69) is 10.6 Å². The second kappa shape index (κ2) is 5.91. The lowest BCUT2D eigenvalue weighted by atomic mass is 10.1. The predicted molar refractivity (Wildman–Crippen MR) is 70.7 cm³/mol. The average molecular weight is 307 g/mol. The van der Waals surface area contributed by atoms with Gasteiger partial charge in [0.25, 0.3) is 0 Å². The molecule has 2 N–H and O–H groups in total. The first-order valence-corrected chi connectivity index (χ1v) is 6.64. The summed E-state index contributed by atoms with van der Waals surface area (Å²) in [4.78, 5) is 11.4. The van der Waals surface area contributed by atoms with E-state index in [4.69, 9.17) is 11.6 Å². The van der Waals surface area contributed by atoms with Gasteiger partial charge < -0.3 is 10.6 Å². The highest BCUT2D eigenvalue weighted by molar-refractivity contribution is 6.33. The van der Waals surface area contributed by atoms with Crippen LogP contribution in [-0.2, 0) is 11.0 Å². The van der Waals surface area contributed by atoms with Crippen LogP contribution in [0.5, 0.6) is 0 Å². The standard InChI is InChI=1S/C13H14ClF3N2O/c14-10-4-3-8(13(15,16)17)6-11(10)19-9-2-1-5-18-12(20)7-9/h3-4,6,9,19H,1-2,5,7H2,(H,18,20). The Kier molecular flexibility index (Phi) is 4.42. The van der Waals surface area contributed by atoms with Crippen molar-refractivity contribution in [3.63, 3.8) is 0 Å². The Hall–Kier alpha value is -1.43. The van der Waals surface area contributed by atoms with E-state index in [0.717, 1.165) is 18.6 Å². The number of hydrogen-bond acceptors (Lipinski definition) is 2. The maximum absolute atomic E-state index is 12.7. The number of anilines is 1. The van der Waals surface area contributed by atoms with Gasteiger partial charge in [-0.15, -0.1) is 0 Å². The number of benzene rings is 1. The number of nitrogens with one attached hydrogen (secondary N) is 2. The van der Waals surface area contributed by atoms with E-state index in [0.29, 0.717) is 13.0 Å². The molecule has 1 aliphatic heterocycles. The third kappa shape index (κ3) is 3.79. The summed E-state index contributed by atoms with van der Waals surface area (Å²) in [5.74, 6) is -0.108. The maximum Gasteiger partial charge on any atom is 0.416 e.